The van der Waals surface area contributed by atoms with Crippen molar-refractivity contribution in [3.63, 3.8) is 0 Å². The van der Waals surface area contributed by atoms with Crippen LogP contribution in [0.1, 0.15) is 105 Å². The number of carbonyl (C=O) groups is 1. The highest BCUT2D eigenvalue weighted by molar-refractivity contribution is 5.66. The predicted octanol–water partition coefficient (Wildman–Crippen LogP) is 6.29. The summed E-state index contributed by atoms with van der Waals surface area (Å²) in [5.74, 6) is 2.62. The maximum absolute atomic E-state index is 11.2. The van der Waals surface area contributed by atoms with Gasteiger partial charge >= 0.3 is 5.97 Å². The Balaban J connectivity index is 0.00000109. The van der Waals surface area contributed by atoms with E-state index in [1.807, 2.05) is 13.8 Å². The van der Waals surface area contributed by atoms with Crippen molar-refractivity contribution in [2.45, 2.75) is 111 Å². The second kappa shape index (κ2) is 8.66. The van der Waals surface area contributed by atoms with Crippen LogP contribution >= 0.6 is 0 Å². The van der Waals surface area contributed by atoms with Gasteiger partial charge in [-0.25, -0.2) is 0 Å². The van der Waals surface area contributed by atoms with Gasteiger partial charge in [0.25, 0.3) is 0 Å². The van der Waals surface area contributed by atoms with Crippen LogP contribution in [0.5, 0.6) is 0 Å². The largest absolute Gasteiger partial charge is 0.481 e. The minimum absolute atomic E-state index is 0.0985. The quantitative estimate of drug-likeness (QED) is 0.591. The molecule has 2 N–H and O–H groups in total. The van der Waals surface area contributed by atoms with Gasteiger partial charge in [0.15, 0.2) is 0 Å². The molecule has 4 fully saturated rings. The predicted molar refractivity (Wildman–Crippen MR) is 114 cm³/mol. The van der Waals surface area contributed by atoms with E-state index < -0.39 is 5.97 Å². The lowest BCUT2D eigenvalue weighted by Gasteiger charge is -2.62. The Morgan fingerprint density at radius 2 is 1.68 bits per heavy atom. The van der Waals surface area contributed by atoms with Crippen LogP contribution in [0.4, 0.5) is 0 Å². The summed E-state index contributed by atoms with van der Waals surface area (Å²) in [6.07, 6.45) is 13.7. The fraction of sp³-hybridized carbons (Fsp3) is 0.960. The Hall–Kier alpha value is -0.570. The van der Waals surface area contributed by atoms with E-state index in [2.05, 4.69) is 13.8 Å². The molecule has 0 aromatic rings. The molecule has 3 nitrogen and oxygen atoms in total. The Morgan fingerprint density at radius 3 is 2.39 bits per heavy atom. The standard InChI is InChI=1S/C23H38O3.C2H6/c1-22-12-4-3-6-16(22)14-19(24)21-17-10-9-15(7-5-8-20(25)26)23(17,2)13-11-18(21)22;1-2/h15-19,21,24H,3-14H2,1-2H3,(H,25,26);1-2H3/t15?,16?,17?,18?,19-,21?,22?,23?;/m1./s1. The number of fused-ring (bicyclic) bond motifs is 5. The van der Waals surface area contributed by atoms with Crippen molar-refractivity contribution in [2.24, 2.45) is 40.4 Å². The summed E-state index contributed by atoms with van der Waals surface area (Å²) in [5, 5.41) is 20.2. The van der Waals surface area contributed by atoms with E-state index in [4.69, 9.17) is 5.11 Å². The average Bonchev–Trinajstić information content (AvgIpc) is 3.00. The highest BCUT2D eigenvalue weighted by atomic mass is 16.4. The Labute approximate surface area is 172 Å². The van der Waals surface area contributed by atoms with Crippen molar-refractivity contribution < 1.29 is 15.0 Å². The maximum atomic E-state index is 11.2. The summed E-state index contributed by atoms with van der Waals surface area (Å²) in [4.78, 5) is 10.9. The van der Waals surface area contributed by atoms with Gasteiger partial charge in [0, 0.05) is 6.42 Å². The zero-order chi connectivity index (χ0) is 20.5. The van der Waals surface area contributed by atoms with E-state index in [1.54, 1.807) is 0 Å². The summed E-state index contributed by atoms with van der Waals surface area (Å²) in [5.41, 5.74) is 0.795. The number of aliphatic hydroxyl groups excluding tert-OH is 1. The van der Waals surface area contributed by atoms with Crippen LogP contribution in [-0.2, 0) is 4.79 Å². The van der Waals surface area contributed by atoms with Gasteiger partial charge in [0.2, 0.25) is 0 Å². The molecular weight excluding hydrogens is 348 g/mol. The lowest BCUT2D eigenvalue weighted by Crippen LogP contribution is -2.57. The number of hydrogen-bond acceptors (Lipinski definition) is 2. The van der Waals surface area contributed by atoms with E-state index >= 15 is 0 Å². The first-order valence-electron chi connectivity index (χ1n) is 12.3. The molecule has 7 unspecified atom stereocenters. The zero-order valence-electron chi connectivity index (χ0n) is 18.8. The van der Waals surface area contributed by atoms with Crippen molar-refractivity contribution in [3.05, 3.63) is 0 Å². The molecule has 0 spiro atoms. The highest BCUT2D eigenvalue weighted by Crippen LogP contribution is 2.67. The third-order valence-electron chi connectivity index (χ3n) is 9.74. The number of carboxylic acids is 1. The average molecular weight is 393 g/mol. The first-order valence-corrected chi connectivity index (χ1v) is 12.3. The number of rotatable bonds is 4. The van der Waals surface area contributed by atoms with Crippen LogP contribution in [-0.4, -0.2) is 22.3 Å². The SMILES string of the molecule is CC.CC12CCC3C(C1CCC2CCCC(=O)O)[C@H](O)CC1CCCCC13C. The summed E-state index contributed by atoms with van der Waals surface area (Å²) < 4.78 is 0. The molecule has 8 atom stereocenters. The zero-order valence-corrected chi connectivity index (χ0v) is 18.8. The molecule has 4 rings (SSSR count). The summed E-state index contributed by atoms with van der Waals surface area (Å²) >= 11 is 0. The molecule has 28 heavy (non-hydrogen) atoms. The molecule has 0 aromatic carbocycles. The highest BCUT2D eigenvalue weighted by Gasteiger charge is 2.61. The normalized spacial score (nSPS) is 47.2. The van der Waals surface area contributed by atoms with Gasteiger partial charge in [-0.15, -0.1) is 0 Å². The summed E-state index contributed by atoms with van der Waals surface area (Å²) in [6, 6.07) is 0. The van der Waals surface area contributed by atoms with Gasteiger partial charge in [-0.3, -0.25) is 4.79 Å². The van der Waals surface area contributed by atoms with E-state index in [9.17, 15) is 9.90 Å². The molecule has 0 aromatic heterocycles. The molecule has 4 saturated carbocycles. The Bertz CT molecular complexity index is 546. The van der Waals surface area contributed by atoms with Crippen molar-refractivity contribution in [2.75, 3.05) is 0 Å². The van der Waals surface area contributed by atoms with Gasteiger partial charge in [-0.2, -0.15) is 0 Å². The molecule has 0 saturated heterocycles. The van der Waals surface area contributed by atoms with Crippen LogP contribution in [0.25, 0.3) is 0 Å². The molecule has 3 heteroatoms. The van der Waals surface area contributed by atoms with Gasteiger partial charge in [0.05, 0.1) is 6.10 Å². The van der Waals surface area contributed by atoms with Gasteiger partial charge in [0.1, 0.15) is 0 Å². The van der Waals surface area contributed by atoms with Crippen molar-refractivity contribution in [1.29, 1.82) is 0 Å². The number of hydrogen-bond donors (Lipinski definition) is 2. The molecule has 4 aliphatic carbocycles. The van der Waals surface area contributed by atoms with Crippen LogP contribution in [0.2, 0.25) is 0 Å². The first kappa shape index (κ1) is 22.1. The Kier molecular flexibility index (Phi) is 6.84. The topological polar surface area (TPSA) is 57.5 Å². The molecular formula is C25H44O3. The third kappa shape index (κ3) is 3.66. The molecule has 0 heterocycles. The second-order valence-corrected chi connectivity index (χ2v) is 10.6. The summed E-state index contributed by atoms with van der Waals surface area (Å²) in [7, 11) is 0. The fourth-order valence-corrected chi connectivity index (χ4v) is 8.34. The molecule has 0 bridgehead atoms. The van der Waals surface area contributed by atoms with Crippen molar-refractivity contribution in [1.82, 2.24) is 0 Å². The molecule has 0 amide bonds. The van der Waals surface area contributed by atoms with Crippen molar-refractivity contribution in [3.8, 4) is 0 Å². The van der Waals surface area contributed by atoms with Crippen molar-refractivity contribution >= 4 is 5.97 Å². The van der Waals surface area contributed by atoms with Gasteiger partial charge in [-0.05, 0) is 98.2 Å². The van der Waals surface area contributed by atoms with Crippen LogP contribution in [0, 0.1) is 40.4 Å². The van der Waals surface area contributed by atoms with E-state index in [-0.39, 0.29) is 6.10 Å². The number of aliphatic hydroxyl groups is 1. The smallest absolute Gasteiger partial charge is 0.303 e. The Morgan fingerprint density at radius 1 is 0.964 bits per heavy atom. The van der Waals surface area contributed by atoms with Gasteiger partial charge in [-0.1, -0.05) is 40.5 Å². The lowest BCUT2D eigenvalue weighted by molar-refractivity contribution is -0.162. The van der Waals surface area contributed by atoms with E-state index in [0.717, 1.165) is 25.2 Å². The minimum Gasteiger partial charge on any atom is -0.481 e. The first-order chi connectivity index (χ1) is 13.4. The summed E-state index contributed by atoms with van der Waals surface area (Å²) in [6.45, 7) is 9.04. The number of aliphatic carboxylic acids is 1. The second-order valence-electron chi connectivity index (χ2n) is 10.6. The maximum Gasteiger partial charge on any atom is 0.303 e. The van der Waals surface area contributed by atoms with E-state index in [0.29, 0.717) is 40.9 Å². The molecule has 0 radical (unpaired) electrons. The molecule has 4 aliphatic rings. The monoisotopic (exact) mass is 392 g/mol. The van der Waals surface area contributed by atoms with E-state index in [1.165, 1.54) is 51.4 Å². The van der Waals surface area contributed by atoms with Crippen LogP contribution in [0.15, 0.2) is 0 Å². The van der Waals surface area contributed by atoms with Crippen LogP contribution in [0.3, 0.4) is 0 Å². The minimum atomic E-state index is -0.660. The lowest BCUT2D eigenvalue weighted by atomic mass is 9.44. The number of carboxylic acid groups (broad SMARTS) is 1. The molecule has 0 aliphatic heterocycles. The third-order valence-corrected chi connectivity index (χ3v) is 9.74. The fourth-order valence-electron chi connectivity index (χ4n) is 8.34. The van der Waals surface area contributed by atoms with Gasteiger partial charge < -0.3 is 10.2 Å². The van der Waals surface area contributed by atoms with Crippen LogP contribution < -0.4 is 0 Å². The molecule has 162 valence electrons.